The number of halogens is 3. The lowest BCUT2D eigenvalue weighted by atomic mass is 10.1. The number of carbonyl (C=O) groups excluding carboxylic acids is 2. The Labute approximate surface area is 198 Å². The summed E-state index contributed by atoms with van der Waals surface area (Å²) in [6.07, 6.45) is 0. The fourth-order valence-electron chi connectivity index (χ4n) is 3.01. The van der Waals surface area contributed by atoms with E-state index in [0.717, 1.165) is 22.3 Å². The van der Waals surface area contributed by atoms with E-state index in [2.05, 4.69) is 0 Å². The zero-order chi connectivity index (χ0) is 22.7. The molecule has 0 unspecified atom stereocenters. The van der Waals surface area contributed by atoms with Gasteiger partial charge >= 0.3 is 0 Å². The number of rotatable bonds is 5. The van der Waals surface area contributed by atoms with Gasteiger partial charge < -0.3 is 9.80 Å². The van der Waals surface area contributed by atoms with Crippen molar-refractivity contribution in [3.63, 3.8) is 0 Å². The summed E-state index contributed by atoms with van der Waals surface area (Å²) in [5, 5.41) is -0.172. The molecule has 0 radical (unpaired) electrons. The van der Waals surface area contributed by atoms with Crippen molar-refractivity contribution in [2.45, 2.75) is 0 Å². The van der Waals surface area contributed by atoms with Crippen LogP contribution in [0, 0.1) is 5.82 Å². The fourth-order valence-corrected chi connectivity index (χ4v) is 3.19. The van der Waals surface area contributed by atoms with Crippen molar-refractivity contribution >= 4 is 52.9 Å². The monoisotopic (exact) mass is 475 g/mol. The highest BCUT2D eigenvalue weighted by atomic mass is 35.5. The topological polar surface area (TPSA) is 43.9 Å². The van der Waals surface area contributed by atoms with Crippen LogP contribution in [-0.4, -0.2) is 40.0 Å². The zero-order valence-electron chi connectivity index (χ0n) is 18.2. The van der Waals surface area contributed by atoms with Crippen molar-refractivity contribution in [2.75, 3.05) is 42.9 Å². The van der Waals surface area contributed by atoms with E-state index in [1.54, 1.807) is 48.5 Å². The number of carbonyl (C=O) groups is 2. The second-order valence-electron chi connectivity index (χ2n) is 7.43. The molecule has 3 rings (SSSR count). The summed E-state index contributed by atoms with van der Waals surface area (Å²) in [6, 6.07) is 17.5. The van der Waals surface area contributed by atoms with Gasteiger partial charge in [0.05, 0.1) is 10.7 Å². The third-order valence-corrected chi connectivity index (χ3v) is 5.12. The standard InChI is InChI=1S/C24H23ClFN3O2.ClH/c1-27(2)18-9-5-16(6-10-18)23(30)29(20-13-14-22(26)21(25)15-20)24(31)17-7-11-19(12-8-17)28(3)4;/h5-15H,1-4H3;1H. The summed E-state index contributed by atoms with van der Waals surface area (Å²) >= 11 is 5.94. The first kappa shape index (κ1) is 25.2. The van der Waals surface area contributed by atoms with Crippen molar-refractivity contribution in [1.29, 1.82) is 0 Å². The molecule has 0 atom stereocenters. The molecular formula is C24H24Cl2FN3O2. The molecule has 0 saturated heterocycles. The number of anilines is 3. The van der Waals surface area contributed by atoms with Gasteiger partial charge in [-0.05, 0) is 66.7 Å². The van der Waals surface area contributed by atoms with Crippen molar-refractivity contribution in [1.82, 2.24) is 0 Å². The van der Waals surface area contributed by atoms with Gasteiger partial charge in [-0.15, -0.1) is 12.4 Å². The lowest BCUT2D eigenvalue weighted by Crippen LogP contribution is -2.37. The summed E-state index contributed by atoms with van der Waals surface area (Å²) < 4.78 is 13.7. The maximum Gasteiger partial charge on any atom is 0.265 e. The van der Waals surface area contributed by atoms with Crippen LogP contribution in [0.15, 0.2) is 66.7 Å². The van der Waals surface area contributed by atoms with Crippen molar-refractivity contribution in [2.24, 2.45) is 0 Å². The minimum atomic E-state index is -0.629. The summed E-state index contributed by atoms with van der Waals surface area (Å²) in [4.78, 5) is 31.5. The largest absolute Gasteiger partial charge is 0.378 e. The first-order chi connectivity index (χ1) is 14.7. The predicted octanol–water partition coefficient (Wildman–Crippen LogP) is 5.52. The number of hydrogen-bond donors (Lipinski definition) is 0. The van der Waals surface area contributed by atoms with Crippen LogP contribution >= 0.6 is 24.0 Å². The fraction of sp³-hybridized carbons (Fsp3) is 0.167. The van der Waals surface area contributed by atoms with Gasteiger partial charge in [-0.1, -0.05) is 11.6 Å². The van der Waals surface area contributed by atoms with E-state index in [1.807, 2.05) is 38.0 Å². The first-order valence-corrected chi connectivity index (χ1v) is 9.95. The molecule has 0 aliphatic heterocycles. The lowest BCUT2D eigenvalue weighted by molar-refractivity contribution is 0.0897. The maximum atomic E-state index is 13.7. The molecule has 0 aliphatic carbocycles. The second kappa shape index (κ2) is 10.5. The Balaban J connectivity index is 0.00000363. The summed E-state index contributed by atoms with van der Waals surface area (Å²) in [6.45, 7) is 0. The van der Waals surface area contributed by atoms with Gasteiger partial charge in [0.2, 0.25) is 0 Å². The van der Waals surface area contributed by atoms with Crippen LogP contribution in [0.5, 0.6) is 0 Å². The number of amides is 2. The highest BCUT2D eigenvalue weighted by Gasteiger charge is 2.27. The number of hydrogen-bond acceptors (Lipinski definition) is 4. The predicted molar refractivity (Wildman–Crippen MR) is 131 cm³/mol. The third kappa shape index (κ3) is 5.39. The Kier molecular flexibility index (Phi) is 8.25. The summed E-state index contributed by atoms with van der Waals surface area (Å²) in [7, 11) is 7.57. The van der Waals surface area contributed by atoms with Gasteiger partial charge in [0.1, 0.15) is 5.82 Å². The highest BCUT2D eigenvalue weighted by Crippen LogP contribution is 2.27. The van der Waals surface area contributed by atoms with Crippen LogP contribution < -0.4 is 14.7 Å². The van der Waals surface area contributed by atoms with Crippen molar-refractivity contribution in [3.8, 4) is 0 Å². The van der Waals surface area contributed by atoms with Gasteiger partial charge in [0.15, 0.2) is 0 Å². The Bertz CT molecular complexity index is 1040. The molecule has 0 spiro atoms. The van der Waals surface area contributed by atoms with Crippen LogP contribution in [0.2, 0.25) is 5.02 Å². The molecule has 168 valence electrons. The number of benzene rings is 3. The average molecular weight is 476 g/mol. The summed E-state index contributed by atoms with van der Waals surface area (Å²) in [5.41, 5.74) is 2.67. The minimum Gasteiger partial charge on any atom is -0.378 e. The molecule has 0 fully saturated rings. The first-order valence-electron chi connectivity index (χ1n) is 9.57. The highest BCUT2D eigenvalue weighted by molar-refractivity contribution is 6.32. The van der Waals surface area contributed by atoms with E-state index in [-0.39, 0.29) is 23.1 Å². The van der Waals surface area contributed by atoms with Crippen molar-refractivity contribution < 1.29 is 14.0 Å². The van der Waals surface area contributed by atoms with Crippen LogP contribution in [0.3, 0.4) is 0 Å². The van der Waals surface area contributed by atoms with Crippen LogP contribution in [-0.2, 0) is 0 Å². The van der Waals surface area contributed by atoms with E-state index in [4.69, 9.17) is 11.6 Å². The molecule has 0 bridgehead atoms. The molecule has 0 heterocycles. The average Bonchev–Trinajstić information content (AvgIpc) is 2.76. The Hall–Kier alpha value is -3.09. The number of nitrogens with zero attached hydrogens (tertiary/aromatic N) is 3. The molecule has 32 heavy (non-hydrogen) atoms. The molecule has 2 amide bonds. The third-order valence-electron chi connectivity index (χ3n) is 4.83. The molecular weight excluding hydrogens is 452 g/mol. The molecule has 0 N–H and O–H groups in total. The van der Waals surface area contributed by atoms with Gasteiger partial charge in [0.25, 0.3) is 11.8 Å². The van der Waals surface area contributed by atoms with Crippen molar-refractivity contribution in [3.05, 3.63) is 88.7 Å². The molecule has 3 aromatic rings. The Morgan fingerprint density at radius 1 is 0.688 bits per heavy atom. The smallest absolute Gasteiger partial charge is 0.265 e. The van der Waals surface area contributed by atoms with Gasteiger partial charge in [0, 0.05) is 50.7 Å². The number of imide groups is 1. The van der Waals surface area contributed by atoms with E-state index in [1.165, 1.54) is 12.1 Å². The second-order valence-corrected chi connectivity index (χ2v) is 7.83. The Morgan fingerprint density at radius 2 is 1.06 bits per heavy atom. The van der Waals surface area contributed by atoms with Gasteiger partial charge in [-0.2, -0.15) is 0 Å². The molecule has 5 nitrogen and oxygen atoms in total. The Morgan fingerprint density at radius 3 is 1.41 bits per heavy atom. The van der Waals surface area contributed by atoms with Gasteiger partial charge in [-0.25, -0.2) is 9.29 Å². The van der Waals surface area contributed by atoms with Crippen LogP contribution in [0.25, 0.3) is 0 Å². The minimum absolute atomic E-state index is 0. The molecule has 0 aliphatic rings. The van der Waals surface area contributed by atoms with E-state index in [9.17, 15) is 14.0 Å². The van der Waals surface area contributed by atoms with Gasteiger partial charge in [-0.3, -0.25) is 9.59 Å². The molecule has 0 aromatic heterocycles. The SMILES string of the molecule is CN(C)c1ccc(C(=O)N(C(=O)c2ccc(N(C)C)cc2)c2ccc(F)c(Cl)c2)cc1.Cl. The van der Waals surface area contributed by atoms with Crippen LogP contribution in [0.1, 0.15) is 20.7 Å². The van der Waals surface area contributed by atoms with E-state index in [0.29, 0.717) is 11.1 Å². The maximum absolute atomic E-state index is 13.7. The normalized spacial score (nSPS) is 10.2. The lowest BCUT2D eigenvalue weighted by Gasteiger charge is -2.22. The van der Waals surface area contributed by atoms with Crippen LogP contribution in [0.4, 0.5) is 21.5 Å². The van der Waals surface area contributed by atoms with E-state index < -0.39 is 17.6 Å². The zero-order valence-corrected chi connectivity index (χ0v) is 19.7. The van der Waals surface area contributed by atoms with E-state index >= 15 is 0 Å². The summed E-state index contributed by atoms with van der Waals surface area (Å²) in [5.74, 6) is -1.69. The molecule has 8 heteroatoms. The molecule has 0 saturated carbocycles. The quantitative estimate of drug-likeness (QED) is 0.455. The molecule has 3 aromatic carbocycles.